The third-order valence-electron chi connectivity index (χ3n) is 3.93. The lowest BCUT2D eigenvalue weighted by molar-refractivity contribution is -0.144. The van der Waals surface area contributed by atoms with E-state index in [1.165, 1.54) is 4.90 Å². The standard InChI is InChI=1S/C19H18N2O4/c1-2-25-17(22)13-16-18(23)21(15-11-7-4-8-12-15)19(24)20(16)14-9-5-3-6-10-14/h3-12,16H,2,13H2,1H3. The summed E-state index contributed by atoms with van der Waals surface area (Å²) < 4.78 is 4.96. The highest BCUT2D eigenvalue weighted by atomic mass is 16.5. The summed E-state index contributed by atoms with van der Waals surface area (Å²) >= 11 is 0. The van der Waals surface area contributed by atoms with Crippen molar-refractivity contribution in [3.8, 4) is 0 Å². The lowest BCUT2D eigenvalue weighted by Crippen LogP contribution is -2.37. The topological polar surface area (TPSA) is 66.9 Å². The number of imide groups is 1. The molecule has 1 aliphatic rings. The van der Waals surface area contributed by atoms with Crippen molar-refractivity contribution in [2.24, 2.45) is 0 Å². The molecule has 1 aliphatic heterocycles. The van der Waals surface area contributed by atoms with Crippen molar-refractivity contribution < 1.29 is 19.1 Å². The minimum absolute atomic E-state index is 0.184. The van der Waals surface area contributed by atoms with Crippen LogP contribution in [0.3, 0.4) is 0 Å². The number of rotatable bonds is 5. The maximum absolute atomic E-state index is 12.9. The van der Waals surface area contributed by atoms with Gasteiger partial charge in [-0.25, -0.2) is 9.69 Å². The van der Waals surface area contributed by atoms with Crippen molar-refractivity contribution in [1.82, 2.24) is 0 Å². The van der Waals surface area contributed by atoms with Crippen LogP contribution in [0.5, 0.6) is 0 Å². The first-order valence-corrected chi connectivity index (χ1v) is 8.06. The molecule has 0 N–H and O–H groups in total. The maximum Gasteiger partial charge on any atom is 0.336 e. The summed E-state index contributed by atoms with van der Waals surface area (Å²) in [6, 6.07) is 16.1. The van der Waals surface area contributed by atoms with Gasteiger partial charge in [-0.15, -0.1) is 0 Å². The monoisotopic (exact) mass is 338 g/mol. The first-order valence-electron chi connectivity index (χ1n) is 8.06. The molecule has 1 unspecified atom stereocenters. The van der Waals surface area contributed by atoms with Crippen LogP contribution < -0.4 is 9.80 Å². The van der Waals surface area contributed by atoms with Gasteiger partial charge in [-0.05, 0) is 31.2 Å². The summed E-state index contributed by atoms with van der Waals surface area (Å²) in [5, 5.41) is 0. The van der Waals surface area contributed by atoms with E-state index in [2.05, 4.69) is 0 Å². The predicted octanol–water partition coefficient (Wildman–Crippen LogP) is 2.98. The van der Waals surface area contributed by atoms with Crippen LogP contribution in [-0.2, 0) is 14.3 Å². The number of carbonyl (C=O) groups is 3. The molecule has 6 heteroatoms. The molecule has 0 aromatic heterocycles. The molecule has 0 bridgehead atoms. The van der Waals surface area contributed by atoms with E-state index in [4.69, 9.17) is 4.74 Å². The van der Waals surface area contributed by atoms with Crippen LogP contribution in [0.2, 0.25) is 0 Å². The number of amides is 3. The van der Waals surface area contributed by atoms with Crippen molar-refractivity contribution in [3.63, 3.8) is 0 Å². The highest BCUT2D eigenvalue weighted by Gasteiger charge is 2.47. The number of esters is 1. The molecule has 128 valence electrons. The number of ether oxygens (including phenoxy) is 1. The second-order valence-corrected chi connectivity index (χ2v) is 5.52. The van der Waals surface area contributed by atoms with E-state index in [0.717, 1.165) is 4.90 Å². The van der Waals surface area contributed by atoms with Gasteiger partial charge in [0, 0.05) is 5.69 Å². The Labute approximate surface area is 145 Å². The molecule has 3 amide bonds. The largest absolute Gasteiger partial charge is 0.466 e. The summed E-state index contributed by atoms with van der Waals surface area (Å²) in [6.07, 6.45) is -0.184. The van der Waals surface area contributed by atoms with Crippen LogP contribution >= 0.6 is 0 Å². The molecule has 0 saturated carbocycles. The Balaban J connectivity index is 1.99. The fourth-order valence-corrected chi connectivity index (χ4v) is 2.84. The molecule has 1 heterocycles. The Hall–Kier alpha value is -3.15. The van der Waals surface area contributed by atoms with E-state index in [1.807, 2.05) is 6.07 Å². The quantitative estimate of drug-likeness (QED) is 0.621. The fourth-order valence-electron chi connectivity index (χ4n) is 2.84. The van der Waals surface area contributed by atoms with E-state index in [0.29, 0.717) is 11.4 Å². The lowest BCUT2D eigenvalue weighted by Gasteiger charge is -2.21. The van der Waals surface area contributed by atoms with Gasteiger partial charge in [0.05, 0.1) is 18.7 Å². The van der Waals surface area contributed by atoms with Crippen molar-refractivity contribution in [2.75, 3.05) is 16.4 Å². The Kier molecular flexibility index (Phi) is 4.79. The highest BCUT2D eigenvalue weighted by Crippen LogP contribution is 2.31. The number of anilines is 2. The first-order chi connectivity index (χ1) is 12.1. The van der Waals surface area contributed by atoms with Gasteiger partial charge in [0.1, 0.15) is 6.04 Å². The first kappa shape index (κ1) is 16.7. The van der Waals surface area contributed by atoms with Crippen LogP contribution in [-0.4, -0.2) is 30.6 Å². The Morgan fingerprint density at radius 1 is 0.960 bits per heavy atom. The Morgan fingerprint density at radius 3 is 2.08 bits per heavy atom. The summed E-state index contributed by atoms with van der Waals surface area (Å²) in [6.45, 7) is 1.92. The molecule has 3 rings (SSSR count). The number of hydrogen-bond acceptors (Lipinski definition) is 4. The van der Waals surface area contributed by atoms with E-state index >= 15 is 0 Å². The van der Waals surface area contributed by atoms with Gasteiger partial charge >= 0.3 is 12.0 Å². The average molecular weight is 338 g/mol. The summed E-state index contributed by atoms with van der Waals surface area (Å²) in [5.41, 5.74) is 1.04. The number of hydrogen-bond donors (Lipinski definition) is 0. The predicted molar refractivity (Wildman–Crippen MR) is 93.3 cm³/mol. The number of urea groups is 1. The molecule has 0 spiro atoms. The smallest absolute Gasteiger partial charge is 0.336 e. The van der Waals surface area contributed by atoms with Gasteiger partial charge in [0.2, 0.25) is 0 Å². The SMILES string of the molecule is CCOC(=O)CC1C(=O)N(c2ccccc2)C(=O)N1c1ccccc1. The normalized spacial score (nSPS) is 17.1. The van der Waals surface area contributed by atoms with E-state index in [9.17, 15) is 14.4 Å². The van der Waals surface area contributed by atoms with Crippen LogP contribution in [0.1, 0.15) is 13.3 Å². The van der Waals surface area contributed by atoms with E-state index in [-0.39, 0.29) is 13.0 Å². The van der Waals surface area contributed by atoms with Crippen LogP contribution in [0.4, 0.5) is 16.2 Å². The van der Waals surface area contributed by atoms with Gasteiger partial charge < -0.3 is 4.74 Å². The van der Waals surface area contributed by atoms with E-state index < -0.39 is 23.9 Å². The molecular formula is C19H18N2O4. The molecule has 1 atom stereocenters. The maximum atomic E-state index is 12.9. The van der Waals surface area contributed by atoms with Gasteiger partial charge in [-0.2, -0.15) is 0 Å². The molecule has 25 heavy (non-hydrogen) atoms. The van der Waals surface area contributed by atoms with Gasteiger partial charge in [-0.1, -0.05) is 36.4 Å². The molecule has 6 nitrogen and oxygen atoms in total. The molecule has 1 fully saturated rings. The summed E-state index contributed by atoms with van der Waals surface area (Å²) in [5.74, 6) is -0.947. The molecule has 0 radical (unpaired) electrons. The molecule has 0 aliphatic carbocycles. The number of carbonyl (C=O) groups excluding carboxylic acids is 3. The minimum Gasteiger partial charge on any atom is -0.466 e. The number of para-hydroxylation sites is 2. The fraction of sp³-hybridized carbons (Fsp3) is 0.211. The Morgan fingerprint density at radius 2 is 1.52 bits per heavy atom. The Bertz CT molecular complexity index is 777. The molecule has 1 saturated heterocycles. The van der Waals surface area contributed by atoms with Crippen molar-refractivity contribution in [2.45, 2.75) is 19.4 Å². The van der Waals surface area contributed by atoms with Crippen LogP contribution in [0, 0.1) is 0 Å². The molecule has 2 aromatic rings. The van der Waals surface area contributed by atoms with Crippen LogP contribution in [0.15, 0.2) is 60.7 Å². The highest BCUT2D eigenvalue weighted by molar-refractivity contribution is 6.29. The van der Waals surface area contributed by atoms with E-state index in [1.54, 1.807) is 61.5 Å². The van der Waals surface area contributed by atoms with Crippen molar-refractivity contribution >= 4 is 29.3 Å². The zero-order valence-corrected chi connectivity index (χ0v) is 13.8. The average Bonchev–Trinajstić information content (AvgIpc) is 2.87. The van der Waals surface area contributed by atoms with Crippen molar-refractivity contribution in [3.05, 3.63) is 60.7 Å². The molecular weight excluding hydrogens is 320 g/mol. The number of benzene rings is 2. The summed E-state index contributed by atoms with van der Waals surface area (Å²) in [4.78, 5) is 40.2. The zero-order chi connectivity index (χ0) is 17.8. The third-order valence-corrected chi connectivity index (χ3v) is 3.93. The zero-order valence-electron chi connectivity index (χ0n) is 13.8. The minimum atomic E-state index is -0.922. The van der Waals surface area contributed by atoms with Gasteiger partial charge in [0.25, 0.3) is 5.91 Å². The summed E-state index contributed by atoms with van der Waals surface area (Å²) in [7, 11) is 0. The van der Waals surface area contributed by atoms with Crippen molar-refractivity contribution in [1.29, 1.82) is 0 Å². The van der Waals surface area contributed by atoms with Gasteiger partial charge in [0.15, 0.2) is 0 Å². The second-order valence-electron chi connectivity index (χ2n) is 5.52. The second kappa shape index (κ2) is 7.17. The van der Waals surface area contributed by atoms with Crippen LogP contribution in [0.25, 0.3) is 0 Å². The third kappa shape index (κ3) is 3.24. The molecule has 2 aromatic carbocycles. The lowest BCUT2D eigenvalue weighted by atomic mass is 10.1. The van der Waals surface area contributed by atoms with Gasteiger partial charge in [-0.3, -0.25) is 14.5 Å². The number of nitrogens with zero attached hydrogens (tertiary/aromatic N) is 2.